The first-order valence-corrected chi connectivity index (χ1v) is 7.93. The molecule has 1 N–H and O–H groups in total. The van der Waals surface area contributed by atoms with Crippen molar-refractivity contribution in [1.29, 1.82) is 0 Å². The SMILES string of the molecule is CCCNCc1cnc(N2CCN(C)C(C)(C)C2)nc1C. The van der Waals surface area contributed by atoms with Gasteiger partial charge in [-0.25, -0.2) is 9.97 Å². The lowest BCUT2D eigenvalue weighted by Crippen LogP contribution is -2.58. The molecule has 0 bridgehead atoms. The number of hydrogen-bond donors (Lipinski definition) is 1. The van der Waals surface area contributed by atoms with E-state index in [4.69, 9.17) is 4.98 Å². The molecule has 2 heterocycles. The van der Waals surface area contributed by atoms with Crippen molar-refractivity contribution in [3.63, 3.8) is 0 Å². The molecule has 5 nitrogen and oxygen atoms in total. The molecule has 1 aromatic rings. The first-order chi connectivity index (χ1) is 9.94. The van der Waals surface area contributed by atoms with Crippen molar-refractivity contribution in [2.75, 3.05) is 38.1 Å². The third-order valence-corrected chi connectivity index (χ3v) is 4.41. The van der Waals surface area contributed by atoms with Crippen LogP contribution in [-0.2, 0) is 6.54 Å². The van der Waals surface area contributed by atoms with Crippen molar-refractivity contribution in [2.45, 2.75) is 46.2 Å². The second-order valence-electron chi connectivity index (χ2n) is 6.61. The Kier molecular flexibility index (Phi) is 5.17. The summed E-state index contributed by atoms with van der Waals surface area (Å²) in [5.41, 5.74) is 2.44. The van der Waals surface area contributed by atoms with Gasteiger partial charge < -0.3 is 10.2 Å². The minimum absolute atomic E-state index is 0.164. The van der Waals surface area contributed by atoms with E-state index in [1.165, 1.54) is 5.56 Å². The molecule has 0 unspecified atom stereocenters. The molecule has 1 fully saturated rings. The maximum atomic E-state index is 4.72. The standard InChI is InChI=1S/C16H29N5/c1-6-7-17-10-14-11-18-15(19-13(14)2)21-9-8-20(5)16(3,4)12-21/h11,17H,6-10,12H2,1-5H3. The van der Waals surface area contributed by atoms with Crippen LogP contribution in [0.5, 0.6) is 0 Å². The monoisotopic (exact) mass is 291 g/mol. The highest BCUT2D eigenvalue weighted by molar-refractivity contribution is 5.34. The van der Waals surface area contributed by atoms with Crippen LogP contribution in [0.3, 0.4) is 0 Å². The number of rotatable bonds is 5. The fourth-order valence-electron chi connectivity index (χ4n) is 2.62. The van der Waals surface area contributed by atoms with Crippen LogP contribution >= 0.6 is 0 Å². The van der Waals surface area contributed by atoms with Crippen LogP contribution in [-0.4, -0.2) is 53.6 Å². The Bertz CT molecular complexity index is 472. The van der Waals surface area contributed by atoms with Crippen molar-refractivity contribution < 1.29 is 0 Å². The molecular formula is C16H29N5. The zero-order valence-corrected chi connectivity index (χ0v) is 14.1. The number of aryl methyl sites for hydroxylation is 1. The summed E-state index contributed by atoms with van der Waals surface area (Å²) in [6.07, 6.45) is 3.13. The molecule has 2 rings (SSSR count). The van der Waals surface area contributed by atoms with Gasteiger partial charge >= 0.3 is 0 Å². The van der Waals surface area contributed by atoms with Gasteiger partial charge in [0, 0.05) is 49.2 Å². The third kappa shape index (κ3) is 3.92. The van der Waals surface area contributed by atoms with E-state index in [0.29, 0.717) is 0 Å². The zero-order chi connectivity index (χ0) is 15.5. The molecule has 0 radical (unpaired) electrons. The van der Waals surface area contributed by atoms with Gasteiger partial charge in [-0.15, -0.1) is 0 Å². The molecule has 1 aromatic heterocycles. The maximum absolute atomic E-state index is 4.72. The molecule has 0 aliphatic carbocycles. The normalized spacial score (nSPS) is 19.0. The lowest BCUT2D eigenvalue weighted by Gasteiger charge is -2.45. The number of hydrogen-bond acceptors (Lipinski definition) is 5. The number of nitrogens with zero attached hydrogens (tertiary/aromatic N) is 4. The Labute approximate surface area is 128 Å². The summed E-state index contributed by atoms with van der Waals surface area (Å²) in [5, 5.41) is 3.41. The lowest BCUT2D eigenvalue weighted by molar-refractivity contribution is 0.138. The van der Waals surface area contributed by atoms with Gasteiger partial charge in [-0.1, -0.05) is 6.92 Å². The molecule has 0 spiro atoms. The minimum Gasteiger partial charge on any atom is -0.338 e. The van der Waals surface area contributed by atoms with Gasteiger partial charge in [0.2, 0.25) is 5.95 Å². The molecule has 1 aliphatic rings. The average molecular weight is 291 g/mol. The van der Waals surface area contributed by atoms with E-state index >= 15 is 0 Å². The van der Waals surface area contributed by atoms with Crippen molar-refractivity contribution in [2.24, 2.45) is 0 Å². The van der Waals surface area contributed by atoms with E-state index < -0.39 is 0 Å². The van der Waals surface area contributed by atoms with Crippen LogP contribution in [0.15, 0.2) is 6.20 Å². The van der Waals surface area contributed by atoms with Crippen LogP contribution in [0.1, 0.15) is 38.4 Å². The summed E-state index contributed by atoms with van der Waals surface area (Å²) in [4.78, 5) is 14.0. The van der Waals surface area contributed by atoms with Crippen molar-refractivity contribution in [3.05, 3.63) is 17.5 Å². The van der Waals surface area contributed by atoms with Gasteiger partial charge in [0.05, 0.1) is 0 Å². The third-order valence-electron chi connectivity index (χ3n) is 4.41. The van der Waals surface area contributed by atoms with Gasteiger partial charge in [0.15, 0.2) is 0 Å². The predicted octanol–water partition coefficient (Wildman–Crippen LogP) is 1.82. The van der Waals surface area contributed by atoms with Crippen molar-refractivity contribution in [3.8, 4) is 0 Å². The van der Waals surface area contributed by atoms with Gasteiger partial charge in [-0.3, -0.25) is 4.90 Å². The molecule has 0 saturated carbocycles. The van der Waals surface area contributed by atoms with Crippen molar-refractivity contribution in [1.82, 2.24) is 20.2 Å². The largest absolute Gasteiger partial charge is 0.338 e. The Hall–Kier alpha value is -1.20. The summed E-state index contributed by atoms with van der Waals surface area (Å²) in [6, 6.07) is 0. The maximum Gasteiger partial charge on any atom is 0.225 e. The Morgan fingerprint density at radius 2 is 2.10 bits per heavy atom. The molecule has 1 aliphatic heterocycles. The van der Waals surface area contributed by atoms with Crippen LogP contribution in [0, 0.1) is 6.92 Å². The van der Waals surface area contributed by atoms with E-state index in [1.54, 1.807) is 0 Å². The van der Waals surface area contributed by atoms with Crippen LogP contribution in [0.25, 0.3) is 0 Å². The number of aromatic nitrogens is 2. The summed E-state index contributed by atoms with van der Waals surface area (Å²) >= 11 is 0. The van der Waals surface area contributed by atoms with Gasteiger partial charge in [0.1, 0.15) is 0 Å². The highest BCUT2D eigenvalue weighted by Gasteiger charge is 2.32. The summed E-state index contributed by atoms with van der Waals surface area (Å²) in [6.45, 7) is 13.7. The second-order valence-corrected chi connectivity index (χ2v) is 6.61. The summed E-state index contributed by atoms with van der Waals surface area (Å²) < 4.78 is 0. The van der Waals surface area contributed by atoms with Gasteiger partial charge in [0.25, 0.3) is 0 Å². The summed E-state index contributed by atoms with van der Waals surface area (Å²) in [7, 11) is 2.19. The highest BCUT2D eigenvalue weighted by Crippen LogP contribution is 2.22. The van der Waals surface area contributed by atoms with E-state index in [0.717, 1.165) is 50.8 Å². The second kappa shape index (κ2) is 6.71. The van der Waals surface area contributed by atoms with E-state index in [-0.39, 0.29) is 5.54 Å². The molecule has 0 atom stereocenters. The summed E-state index contributed by atoms with van der Waals surface area (Å²) in [5.74, 6) is 0.868. The van der Waals surface area contributed by atoms with Crippen molar-refractivity contribution >= 4 is 5.95 Å². The van der Waals surface area contributed by atoms with Crippen LogP contribution < -0.4 is 10.2 Å². The zero-order valence-electron chi connectivity index (χ0n) is 14.1. The highest BCUT2D eigenvalue weighted by atomic mass is 15.3. The Morgan fingerprint density at radius 1 is 1.33 bits per heavy atom. The molecule has 0 aromatic carbocycles. The number of nitrogens with one attached hydrogen (secondary N) is 1. The number of piperazine rings is 1. The van der Waals surface area contributed by atoms with E-state index in [9.17, 15) is 0 Å². The predicted molar refractivity (Wildman–Crippen MR) is 87.7 cm³/mol. The molecule has 21 heavy (non-hydrogen) atoms. The Morgan fingerprint density at radius 3 is 2.71 bits per heavy atom. The van der Waals surface area contributed by atoms with E-state index in [1.807, 2.05) is 6.20 Å². The number of likely N-dealkylation sites (N-methyl/N-ethyl adjacent to an activating group) is 1. The molecule has 0 amide bonds. The van der Waals surface area contributed by atoms with Crippen LogP contribution in [0.2, 0.25) is 0 Å². The van der Waals surface area contributed by atoms with Gasteiger partial charge in [-0.2, -0.15) is 0 Å². The van der Waals surface area contributed by atoms with E-state index in [2.05, 4.69) is 54.8 Å². The minimum atomic E-state index is 0.164. The fourth-order valence-corrected chi connectivity index (χ4v) is 2.62. The first-order valence-electron chi connectivity index (χ1n) is 7.93. The number of anilines is 1. The lowest BCUT2D eigenvalue weighted by atomic mass is 10.00. The van der Waals surface area contributed by atoms with Crippen LogP contribution in [0.4, 0.5) is 5.95 Å². The fraction of sp³-hybridized carbons (Fsp3) is 0.750. The Balaban J connectivity index is 2.06. The molecular weight excluding hydrogens is 262 g/mol. The molecule has 1 saturated heterocycles. The average Bonchev–Trinajstić information content (AvgIpc) is 2.44. The van der Waals surface area contributed by atoms with Gasteiger partial charge in [-0.05, 0) is 40.8 Å². The smallest absolute Gasteiger partial charge is 0.225 e. The molecule has 5 heteroatoms. The topological polar surface area (TPSA) is 44.3 Å². The molecule has 118 valence electrons. The first kappa shape index (κ1) is 16.2. The quantitative estimate of drug-likeness (QED) is 0.838.